The summed E-state index contributed by atoms with van der Waals surface area (Å²) in [5, 5.41) is 0. The molecule has 0 radical (unpaired) electrons. The predicted octanol–water partition coefficient (Wildman–Crippen LogP) is 4.02. The molecule has 0 amide bonds. The minimum Gasteiger partial charge on any atom is -0.207 e. The molecule has 0 nitrogen and oxygen atoms in total. The van der Waals surface area contributed by atoms with Crippen LogP contribution in [0.5, 0.6) is 0 Å². The number of benzene rings is 1. The molecule has 0 atom stereocenters. The molecule has 2 heteroatoms. The fourth-order valence-electron chi connectivity index (χ4n) is 1.27. The highest BCUT2D eigenvalue weighted by atomic mass is 79.9. The van der Waals surface area contributed by atoms with E-state index in [0.717, 1.165) is 15.6 Å². The van der Waals surface area contributed by atoms with E-state index >= 15 is 0 Å². The van der Waals surface area contributed by atoms with E-state index in [0.29, 0.717) is 5.92 Å². The summed E-state index contributed by atoms with van der Waals surface area (Å²) < 4.78 is 13.8. The number of hydrogen-bond donors (Lipinski definition) is 0. The van der Waals surface area contributed by atoms with Crippen molar-refractivity contribution in [3.05, 3.63) is 33.5 Å². The molecule has 0 unspecified atom stereocenters. The van der Waals surface area contributed by atoms with Crippen LogP contribution < -0.4 is 0 Å². The van der Waals surface area contributed by atoms with E-state index in [-0.39, 0.29) is 5.82 Å². The molecule has 0 aromatic heterocycles. The second-order valence-electron chi connectivity index (χ2n) is 3.26. The Kier molecular flexibility index (Phi) is 2.89. The van der Waals surface area contributed by atoms with Gasteiger partial charge in [-0.25, -0.2) is 4.39 Å². The molecular formula is C10H12BrF. The first-order valence-electron chi connectivity index (χ1n) is 3.98. The number of hydrogen-bond acceptors (Lipinski definition) is 0. The quantitative estimate of drug-likeness (QED) is 0.684. The van der Waals surface area contributed by atoms with E-state index in [4.69, 9.17) is 0 Å². The van der Waals surface area contributed by atoms with Crippen LogP contribution in [0.1, 0.15) is 30.9 Å². The summed E-state index contributed by atoms with van der Waals surface area (Å²) in [6.07, 6.45) is 0. The van der Waals surface area contributed by atoms with Crippen LogP contribution in [-0.2, 0) is 0 Å². The molecule has 1 rings (SSSR count). The SMILES string of the molecule is Cc1c(Br)cc(F)cc1C(C)C. The second-order valence-corrected chi connectivity index (χ2v) is 4.11. The molecule has 1 aromatic rings. The van der Waals surface area contributed by atoms with E-state index in [9.17, 15) is 4.39 Å². The minimum atomic E-state index is -0.170. The van der Waals surface area contributed by atoms with Gasteiger partial charge < -0.3 is 0 Å². The zero-order valence-corrected chi connectivity index (χ0v) is 9.07. The molecule has 0 saturated carbocycles. The fourth-order valence-corrected chi connectivity index (χ4v) is 1.71. The standard InChI is InChI=1S/C10H12BrF/c1-6(2)9-4-8(12)5-10(11)7(9)3/h4-6H,1-3H3. The summed E-state index contributed by atoms with van der Waals surface area (Å²) >= 11 is 3.33. The highest BCUT2D eigenvalue weighted by molar-refractivity contribution is 9.10. The first kappa shape index (κ1) is 9.72. The Bertz CT molecular complexity index is 292. The summed E-state index contributed by atoms with van der Waals surface area (Å²) in [5.74, 6) is 0.202. The smallest absolute Gasteiger partial charge is 0.124 e. The van der Waals surface area contributed by atoms with Gasteiger partial charge in [-0.1, -0.05) is 29.8 Å². The Balaban J connectivity index is 3.28. The van der Waals surface area contributed by atoms with Gasteiger partial charge in [-0.2, -0.15) is 0 Å². The molecule has 0 aliphatic rings. The maximum Gasteiger partial charge on any atom is 0.124 e. The van der Waals surface area contributed by atoms with Crippen molar-refractivity contribution in [2.24, 2.45) is 0 Å². The van der Waals surface area contributed by atoms with Gasteiger partial charge in [0.1, 0.15) is 5.82 Å². The van der Waals surface area contributed by atoms with Gasteiger partial charge in [-0.15, -0.1) is 0 Å². The van der Waals surface area contributed by atoms with Crippen molar-refractivity contribution in [1.82, 2.24) is 0 Å². The van der Waals surface area contributed by atoms with Gasteiger partial charge in [0.25, 0.3) is 0 Å². The van der Waals surface area contributed by atoms with Crippen molar-refractivity contribution < 1.29 is 4.39 Å². The molecule has 0 aliphatic heterocycles. The zero-order chi connectivity index (χ0) is 9.30. The summed E-state index contributed by atoms with van der Waals surface area (Å²) in [4.78, 5) is 0. The summed E-state index contributed by atoms with van der Waals surface area (Å²) in [6, 6.07) is 3.10. The molecule has 66 valence electrons. The topological polar surface area (TPSA) is 0 Å². The number of rotatable bonds is 1. The van der Waals surface area contributed by atoms with Crippen LogP contribution in [0.15, 0.2) is 16.6 Å². The van der Waals surface area contributed by atoms with E-state index in [2.05, 4.69) is 29.8 Å². The molecule has 0 saturated heterocycles. The maximum atomic E-state index is 12.9. The third-order valence-corrected chi connectivity index (χ3v) is 2.79. The minimum absolute atomic E-state index is 0.170. The number of halogens is 2. The van der Waals surface area contributed by atoms with Gasteiger partial charge in [0.05, 0.1) is 0 Å². The summed E-state index contributed by atoms with van der Waals surface area (Å²) in [7, 11) is 0. The van der Waals surface area contributed by atoms with Crippen LogP contribution in [0.2, 0.25) is 0 Å². The van der Waals surface area contributed by atoms with Gasteiger partial charge in [0, 0.05) is 4.47 Å². The Morgan fingerprint density at radius 2 is 1.92 bits per heavy atom. The Morgan fingerprint density at radius 3 is 2.42 bits per heavy atom. The molecular weight excluding hydrogens is 219 g/mol. The molecule has 0 N–H and O–H groups in total. The van der Waals surface area contributed by atoms with Crippen molar-refractivity contribution in [3.63, 3.8) is 0 Å². The Labute approximate surface area is 80.9 Å². The average Bonchev–Trinajstić information content (AvgIpc) is 1.96. The molecule has 12 heavy (non-hydrogen) atoms. The van der Waals surface area contributed by atoms with E-state index < -0.39 is 0 Å². The van der Waals surface area contributed by atoms with Gasteiger partial charge in [-0.3, -0.25) is 0 Å². The molecule has 0 aliphatic carbocycles. The molecule has 0 heterocycles. The van der Waals surface area contributed by atoms with Crippen molar-refractivity contribution in [1.29, 1.82) is 0 Å². The lowest BCUT2D eigenvalue weighted by Gasteiger charge is -2.10. The first-order chi connectivity index (χ1) is 5.52. The summed E-state index contributed by atoms with van der Waals surface area (Å²) in [6.45, 7) is 6.13. The van der Waals surface area contributed by atoms with E-state index in [1.54, 1.807) is 6.07 Å². The monoisotopic (exact) mass is 230 g/mol. The summed E-state index contributed by atoms with van der Waals surface area (Å²) in [5.41, 5.74) is 2.20. The molecule has 0 bridgehead atoms. The predicted molar refractivity (Wildman–Crippen MR) is 52.9 cm³/mol. The van der Waals surface area contributed by atoms with Gasteiger partial charge >= 0.3 is 0 Å². The second kappa shape index (κ2) is 3.56. The zero-order valence-electron chi connectivity index (χ0n) is 7.49. The van der Waals surface area contributed by atoms with Crippen LogP contribution in [0.25, 0.3) is 0 Å². The Hall–Kier alpha value is -0.370. The third kappa shape index (κ3) is 1.86. The van der Waals surface area contributed by atoms with Crippen LogP contribution >= 0.6 is 15.9 Å². The van der Waals surface area contributed by atoms with Crippen molar-refractivity contribution in [2.45, 2.75) is 26.7 Å². The lowest BCUT2D eigenvalue weighted by Crippen LogP contribution is -1.94. The highest BCUT2D eigenvalue weighted by Crippen LogP contribution is 2.26. The van der Waals surface area contributed by atoms with E-state index in [1.165, 1.54) is 6.07 Å². The lowest BCUT2D eigenvalue weighted by molar-refractivity contribution is 0.621. The normalized spacial score (nSPS) is 10.8. The lowest BCUT2D eigenvalue weighted by atomic mass is 9.98. The van der Waals surface area contributed by atoms with Crippen LogP contribution in [0.4, 0.5) is 4.39 Å². The van der Waals surface area contributed by atoms with Gasteiger partial charge in [0.2, 0.25) is 0 Å². The first-order valence-corrected chi connectivity index (χ1v) is 4.77. The van der Waals surface area contributed by atoms with E-state index in [1.807, 2.05) is 6.92 Å². The van der Waals surface area contributed by atoms with Crippen molar-refractivity contribution in [2.75, 3.05) is 0 Å². The maximum absolute atomic E-state index is 12.9. The largest absolute Gasteiger partial charge is 0.207 e. The van der Waals surface area contributed by atoms with Crippen molar-refractivity contribution >= 4 is 15.9 Å². The average molecular weight is 231 g/mol. The molecule has 0 fully saturated rings. The van der Waals surface area contributed by atoms with Crippen LogP contribution in [0.3, 0.4) is 0 Å². The van der Waals surface area contributed by atoms with Crippen LogP contribution in [0, 0.1) is 12.7 Å². The van der Waals surface area contributed by atoms with Crippen LogP contribution in [-0.4, -0.2) is 0 Å². The van der Waals surface area contributed by atoms with Gasteiger partial charge in [0.15, 0.2) is 0 Å². The van der Waals surface area contributed by atoms with Gasteiger partial charge in [-0.05, 0) is 36.1 Å². The highest BCUT2D eigenvalue weighted by Gasteiger charge is 2.07. The molecule has 0 spiro atoms. The third-order valence-electron chi connectivity index (χ3n) is 1.97. The Morgan fingerprint density at radius 1 is 1.33 bits per heavy atom. The van der Waals surface area contributed by atoms with Crippen molar-refractivity contribution in [3.8, 4) is 0 Å². The molecule has 1 aromatic carbocycles. The fraction of sp³-hybridized carbons (Fsp3) is 0.400.